The van der Waals surface area contributed by atoms with Gasteiger partial charge in [-0.05, 0) is 63.5 Å². The third kappa shape index (κ3) is 9.88. The summed E-state index contributed by atoms with van der Waals surface area (Å²) in [5.74, 6) is -0.318. The summed E-state index contributed by atoms with van der Waals surface area (Å²) in [5.41, 5.74) is -4.23. The summed E-state index contributed by atoms with van der Waals surface area (Å²) < 4.78 is 96.2. The minimum Gasteiger partial charge on any atom is -0.444 e. The Kier molecular flexibility index (Phi) is 11.4. The van der Waals surface area contributed by atoms with E-state index in [0.29, 0.717) is 36.3 Å². The summed E-state index contributed by atoms with van der Waals surface area (Å²) in [5, 5.41) is 1.95. The van der Waals surface area contributed by atoms with Crippen LogP contribution < -0.4 is 5.32 Å². The quantitative estimate of drug-likeness (QED) is 0.204. The summed E-state index contributed by atoms with van der Waals surface area (Å²) in [6, 6.07) is 8.59. The van der Waals surface area contributed by atoms with Crippen LogP contribution in [0.5, 0.6) is 0 Å². The highest BCUT2D eigenvalue weighted by atomic mass is 32.2. The van der Waals surface area contributed by atoms with Crippen LogP contribution in [0, 0.1) is 5.92 Å². The van der Waals surface area contributed by atoms with Crippen molar-refractivity contribution in [1.82, 2.24) is 9.80 Å². The number of morpholine rings is 1. The number of hydrogen-bond acceptors (Lipinski definition) is 5. The molecular formula is C32H38F6N3O4S+. The molecule has 2 aliphatic heterocycles. The number of nitrogens with zero attached hydrogens (tertiary/aromatic N) is 2. The van der Waals surface area contributed by atoms with E-state index in [1.54, 1.807) is 29.2 Å². The van der Waals surface area contributed by atoms with Crippen molar-refractivity contribution >= 4 is 35.5 Å². The van der Waals surface area contributed by atoms with Gasteiger partial charge in [-0.25, -0.2) is 4.79 Å². The molecule has 2 heterocycles. The molecule has 4 rings (SSSR count). The van der Waals surface area contributed by atoms with Crippen molar-refractivity contribution in [2.24, 2.45) is 5.92 Å². The maximum absolute atomic E-state index is 14.3. The molecule has 7 nitrogen and oxygen atoms in total. The first-order valence-corrected chi connectivity index (χ1v) is 15.8. The van der Waals surface area contributed by atoms with Gasteiger partial charge < -0.3 is 24.6 Å². The largest absolute Gasteiger partial charge is 0.444 e. The van der Waals surface area contributed by atoms with Crippen molar-refractivity contribution in [3.05, 3.63) is 59.2 Å². The molecule has 46 heavy (non-hydrogen) atoms. The predicted octanol–water partition coefficient (Wildman–Crippen LogP) is 6.59. The van der Waals surface area contributed by atoms with Crippen molar-refractivity contribution < 1.29 is 50.7 Å². The van der Waals surface area contributed by atoms with E-state index in [-0.39, 0.29) is 38.3 Å². The number of nitrogens with two attached hydrogens (primary N) is 1. The normalized spacial score (nSPS) is 17.1. The van der Waals surface area contributed by atoms with Gasteiger partial charge in [0.25, 0.3) is 0 Å². The van der Waals surface area contributed by atoms with E-state index in [1.807, 2.05) is 26.1 Å². The zero-order valence-corrected chi connectivity index (χ0v) is 26.7. The Morgan fingerprint density at radius 2 is 1.59 bits per heavy atom. The number of carbonyl (C=O) groups is 2. The lowest BCUT2D eigenvalue weighted by Crippen LogP contribution is -2.79. The van der Waals surface area contributed by atoms with E-state index in [0.717, 1.165) is 42.8 Å². The highest BCUT2D eigenvalue weighted by Crippen LogP contribution is 2.48. The molecule has 14 heteroatoms. The van der Waals surface area contributed by atoms with Crippen molar-refractivity contribution in [3.8, 4) is 0 Å². The summed E-state index contributed by atoms with van der Waals surface area (Å²) in [7, 11) is 0. The van der Waals surface area contributed by atoms with Gasteiger partial charge >= 0.3 is 18.4 Å². The molecule has 0 radical (unpaired) electrons. The molecule has 2 saturated heterocycles. The summed E-state index contributed by atoms with van der Waals surface area (Å²) in [6.45, 7) is 8.22. The molecule has 0 spiro atoms. The SMILES string of the molecule is CC(C)(C)OC(=O)N1CCC(C[NH2+]c2cccc(Sc3ccc(/C=C/C(=O)N4CCOCC4)c(C(F)(F)F)c3C(F)(F)F)c2)CC1. The van der Waals surface area contributed by atoms with Crippen LogP contribution in [0.3, 0.4) is 0 Å². The van der Waals surface area contributed by atoms with E-state index in [1.165, 1.54) is 4.90 Å². The number of amides is 2. The van der Waals surface area contributed by atoms with Crippen LogP contribution >= 0.6 is 11.8 Å². The Morgan fingerprint density at radius 1 is 0.935 bits per heavy atom. The maximum Gasteiger partial charge on any atom is 0.418 e. The van der Waals surface area contributed by atoms with Gasteiger partial charge in [0.05, 0.1) is 30.9 Å². The lowest BCUT2D eigenvalue weighted by atomic mass is 9.97. The van der Waals surface area contributed by atoms with Crippen LogP contribution in [0.4, 0.5) is 36.8 Å². The molecule has 0 atom stereocenters. The summed E-state index contributed by atoms with van der Waals surface area (Å²) >= 11 is 0.599. The fraction of sp³-hybridized carbons (Fsp3) is 0.500. The first-order chi connectivity index (χ1) is 21.5. The molecule has 2 amide bonds. The lowest BCUT2D eigenvalue weighted by molar-refractivity contribution is -0.579. The molecule has 2 aromatic carbocycles. The Morgan fingerprint density at radius 3 is 2.20 bits per heavy atom. The molecule has 2 aromatic rings. The number of rotatable bonds is 7. The third-order valence-corrected chi connectivity index (χ3v) is 8.58. The zero-order valence-electron chi connectivity index (χ0n) is 25.8. The van der Waals surface area contributed by atoms with Crippen LogP contribution in [0.1, 0.15) is 50.3 Å². The van der Waals surface area contributed by atoms with E-state index >= 15 is 0 Å². The van der Waals surface area contributed by atoms with Crippen molar-refractivity contribution in [3.63, 3.8) is 0 Å². The van der Waals surface area contributed by atoms with E-state index < -0.39 is 45.4 Å². The highest BCUT2D eigenvalue weighted by Gasteiger charge is 2.46. The smallest absolute Gasteiger partial charge is 0.418 e. The number of benzene rings is 2. The standard InChI is InChI=1S/C32H37F6N3O4S/c1-30(2,3)45-29(43)41-13-11-21(12-14-41)20-39-23-5-4-6-24(19-23)46-25-9-7-22(8-10-26(42)40-15-17-44-18-16-40)27(31(33,34)35)28(25)32(36,37)38/h4-10,19,21,39H,11-18,20H2,1-3H3/p+1/b10-8+. The van der Waals surface area contributed by atoms with Crippen LogP contribution in [0.25, 0.3) is 6.08 Å². The second-order valence-electron chi connectivity index (χ2n) is 12.2. The van der Waals surface area contributed by atoms with Crippen molar-refractivity contribution in [2.75, 3.05) is 45.9 Å². The number of quaternary nitrogens is 1. The molecule has 0 bridgehead atoms. The number of likely N-dealkylation sites (tertiary alicyclic amines) is 1. The van der Waals surface area contributed by atoms with E-state index in [4.69, 9.17) is 9.47 Å². The predicted molar refractivity (Wildman–Crippen MR) is 160 cm³/mol. The number of ether oxygens (including phenoxy) is 2. The molecule has 252 valence electrons. The van der Waals surface area contributed by atoms with Gasteiger partial charge in [-0.3, -0.25) is 4.79 Å². The fourth-order valence-corrected chi connectivity index (χ4v) is 6.32. The first-order valence-electron chi connectivity index (χ1n) is 15.0. The van der Waals surface area contributed by atoms with Gasteiger partial charge in [0.15, 0.2) is 0 Å². The molecule has 2 aliphatic rings. The van der Waals surface area contributed by atoms with E-state index in [2.05, 4.69) is 0 Å². The average Bonchev–Trinajstić information content (AvgIpc) is 2.98. The van der Waals surface area contributed by atoms with Crippen LogP contribution in [-0.4, -0.2) is 73.3 Å². The number of piperidine rings is 1. The first kappa shape index (κ1) is 35.6. The summed E-state index contributed by atoms with van der Waals surface area (Å²) in [6.07, 6.45) is -7.82. The molecule has 2 fully saturated rings. The van der Waals surface area contributed by atoms with Gasteiger partial charge in [-0.2, -0.15) is 26.3 Å². The van der Waals surface area contributed by atoms with Crippen LogP contribution in [0.15, 0.2) is 52.3 Å². The molecule has 0 saturated carbocycles. The molecule has 0 unspecified atom stereocenters. The Bertz CT molecular complexity index is 1410. The minimum absolute atomic E-state index is 0.239. The van der Waals surface area contributed by atoms with E-state index in [9.17, 15) is 35.9 Å². The number of alkyl halides is 6. The average molecular weight is 675 g/mol. The van der Waals surface area contributed by atoms with Crippen molar-refractivity contribution in [2.45, 2.75) is 61.4 Å². The number of halogens is 6. The topological polar surface area (TPSA) is 75.7 Å². The Balaban J connectivity index is 1.48. The molecule has 0 aromatic heterocycles. The molecule has 2 N–H and O–H groups in total. The van der Waals surface area contributed by atoms with Gasteiger partial charge in [0.2, 0.25) is 5.91 Å². The number of carbonyl (C=O) groups excluding carboxylic acids is 2. The second-order valence-corrected chi connectivity index (χ2v) is 13.3. The van der Waals surface area contributed by atoms with Crippen LogP contribution in [-0.2, 0) is 26.6 Å². The van der Waals surface area contributed by atoms with Crippen molar-refractivity contribution in [1.29, 1.82) is 0 Å². The zero-order chi connectivity index (χ0) is 33.7. The summed E-state index contributed by atoms with van der Waals surface area (Å²) in [4.78, 5) is 27.6. The number of hydrogen-bond donors (Lipinski definition) is 1. The Labute approximate surface area is 268 Å². The Hall–Kier alpha value is -3.23. The monoisotopic (exact) mass is 674 g/mol. The second kappa shape index (κ2) is 14.7. The lowest BCUT2D eigenvalue weighted by Gasteiger charge is -2.32. The van der Waals surface area contributed by atoms with Crippen LogP contribution in [0.2, 0.25) is 0 Å². The third-order valence-electron chi connectivity index (χ3n) is 7.53. The minimum atomic E-state index is -5.34. The molecule has 0 aliphatic carbocycles. The highest BCUT2D eigenvalue weighted by molar-refractivity contribution is 7.99. The molecular weight excluding hydrogens is 636 g/mol. The van der Waals surface area contributed by atoms with Gasteiger partial charge in [0, 0.05) is 54.0 Å². The van der Waals surface area contributed by atoms with Gasteiger partial charge in [-0.1, -0.05) is 23.9 Å². The van der Waals surface area contributed by atoms with Gasteiger partial charge in [-0.15, -0.1) is 0 Å². The van der Waals surface area contributed by atoms with Gasteiger partial charge in [0.1, 0.15) is 11.3 Å². The fourth-order valence-electron chi connectivity index (χ4n) is 5.27. The maximum atomic E-state index is 14.3.